The Morgan fingerprint density at radius 1 is 1.24 bits per heavy atom. The second kappa shape index (κ2) is 4.53. The molecule has 0 aliphatic rings. The van der Waals surface area contributed by atoms with Crippen molar-refractivity contribution in [1.82, 2.24) is 9.78 Å². The molecule has 1 heterocycles. The largest absolute Gasteiger partial charge is 0.288 e. The van der Waals surface area contributed by atoms with Crippen LogP contribution in [0.4, 0.5) is 0 Å². The minimum atomic E-state index is 0.0558. The molecule has 0 spiro atoms. The first-order valence-corrected chi connectivity index (χ1v) is 5.79. The van der Waals surface area contributed by atoms with E-state index >= 15 is 0 Å². The first kappa shape index (κ1) is 11.6. The first-order chi connectivity index (χ1) is 8.15. The van der Waals surface area contributed by atoms with Crippen LogP contribution in [0.25, 0.3) is 0 Å². The number of aromatic nitrogens is 2. The van der Waals surface area contributed by atoms with Gasteiger partial charge in [-0.1, -0.05) is 30.3 Å². The summed E-state index contributed by atoms with van der Waals surface area (Å²) in [5.41, 5.74) is 3.20. The maximum atomic E-state index is 12.4. The highest BCUT2D eigenvalue weighted by atomic mass is 16.1. The molecule has 2 aromatic rings. The molecule has 17 heavy (non-hydrogen) atoms. The van der Waals surface area contributed by atoms with Gasteiger partial charge in [0, 0.05) is 17.8 Å². The Hall–Kier alpha value is -1.90. The zero-order chi connectivity index (χ0) is 12.4. The van der Waals surface area contributed by atoms with E-state index in [1.165, 1.54) is 0 Å². The number of ketones is 1. The van der Waals surface area contributed by atoms with Crippen LogP contribution in [-0.2, 0) is 6.54 Å². The molecule has 3 nitrogen and oxygen atoms in total. The van der Waals surface area contributed by atoms with E-state index in [0.29, 0.717) is 5.56 Å². The van der Waals surface area contributed by atoms with E-state index in [1.807, 2.05) is 55.8 Å². The Morgan fingerprint density at radius 3 is 2.41 bits per heavy atom. The molecule has 2 rings (SSSR count). The van der Waals surface area contributed by atoms with Gasteiger partial charge in [0.05, 0.1) is 11.3 Å². The summed E-state index contributed by atoms with van der Waals surface area (Å²) >= 11 is 0. The molecule has 0 saturated heterocycles. The van der Waals surface area contributed by atoms with Crippen LogP contribution in [0.15, 0.2) is 30.3 Å². The van der Waals surface area contributed by atoms with Crippen LogP contribution in [0.1, 0.15) is 34.2 Å². The molecule has 0 aliphatic heterocycles. The van der Waals surface area contributed by atoms with Gasteiger partial charge >= 0.3 is 0 Å². The minimum Gasteiger partial charge on any atom is -0.288 e. The van der Waals surface area contributed by atoms with Crippen LogP contribution in [0.2, 0.25) is 0 Å². The molecular weight excluding hydrogens is 212 g/mol. The van der Waals surface area contributed by atoms with Crippen LogP contribution in [-0.4, -0.2) is 15.6 Å². The molecule has 1 aromatic carbocycles. The van der Waals surface area contributed by atoms with Crippen molar-refractivity contribution in [3.05, 3.63) is 52.8 Å². The molecule has 0 aliphatic carbocycles. The molecule has 0 bridgehead atoms. The van der Waals surface area contributed by atoms with Gasteiger partial charge in [0.1, 0.15) is 0 Å². The van der Waals surface area contributed by atoms with Crippen molar-refractivity contribution >= 4 is 5.78 Å². The van der Waals surface area contributed by atoms with E-state index in [4.69, 9.17) is 0 Å². The van der Waals surface area contributed by atoms with Gasteiger partial charge in [0.15, 0.2) is 5.78 Å². The maximum Gasteiger partial charge on any atom is 0.196 e. The fourth-order valence-corrected chi connectivity index (χ4v) is 2.07. The lowest BCUT2D eigenvalue weighted by Crippen LogP contribution is -2.05. The van der Waals surface area contributed by atoms with Crippen LogP contribution in [0.3, 0.4) is 0 Å². The van der Waals surface area contributed by atoms with Gasteiger partial charge in [0.2, 0.25) is 0 Å². The lowest BCUT2D eigenvalue weighted by atomic mass is 10.0. The molecule has 0 radical (unpaired) electrons. The second-order valence-corrected chi connectivity index (χ2v) is 4.06. The average molecular weight is 228 g/mol. The second-order valence-electron chi connectivity index (χ2n) is 4.06. The molecule has 1 aromatic heterocycles. The zero-order valence-corrected chi connectivity index (χ0v) is 10.4. The lowest BCUT2D eigenvalue weighted by Gasteiger charge is -2.02. The summed E-state index contributed by atoms with van der Waals surface area (Å²) in [6.07, 6.45) is 0. The summed E-state index contributed by atoms with van der Waals surface area (Å²) in [5.74, 6) is 0.0558. The summed E-state index contributed by atoms with van der Waals surface area (Å²) in [6.45, 7) is 6.64. The SMILES string of the molecule is CCn1nc(C)c(C(=O)c2ccccc2)c1C. The van der Waals surface area contributed by atoms with Gasteiger partial charge in [-0.05, 0) is 20.8 Å². The highest BCUT2D eigenvalue weighted by molar-refractivity contribution is 6.10. The number of benzene rings is 1. The van der Waals surface area contributed by atoms with Gasteiger partial charge in [-0.25, -0.2) is 0 Å². The number of carbonyl (C=O) groups is 1. The third kappa shape index (κ3) is 2.00. The average Bonchev–Trinajstić information content (AvgIpc) is 2.64. The molecular formula is C14H16N2O. The first-order valence-electron chi connectivity index (χ1n) is 5.79. The summed E-state index contributed by atoms with van der Waals surface area (Å²) in [5, 5.41) is 4.37. The van der Waals surface area contributed by atoms with Crippen molar-refractivity contribution < 1.29 is 4.79 Å². The third-order valence-corrected chi connectivity index (χ3v) is 2.94. The standard InChI is InChI=1S/C14H16N2O/c1-4-16-11(3)13(10(2)15-16)14(17)12-8-6-5-7-9-12/h5-9H,4H2,1-3H3. The zero-order valence-electron chi connectivity index (χ0n) is 10.4. The van der Waals surface area contributed by atoms with Gasteiger partial charge in [-0.15, -0.1) is 0 Å². The van der Waals surface area contributed by atoms with Crippen molar-refractivity contribution in [1.29, 1.82) is 0 Å². The summed E-state index contributed by atoms with van der Waals surface area (Å²) in [7, 11) is 0. The van der Waals surface area contributed by atoms with E-state index in [-0.39, 0.29) is 5.78 Å². The van der Waals surface area contributed by atoms with E-state index in [0.717, 1.165) is 23.5 Å². The number of hydrogen-bond donors (Lipinski definition) is 0. The Labute approximate surface area is 101 Å². The number of hydrogen-bond acceptors (Lipinski definition) is 2. The van der Waals surface area contributed by atoms with E-state index in [1.54, 1.807) is 0 Å². The fourth-order valence-electron chi connectivity index (χ4n) is 2.07. The Kier molecular flexibility index (Phi) is 3.09. The van der Waals surface area contributed by atoms with Crippen molar-refractivity contribution in [3.8, 4) is 0 Å². The van der Waals surface area contributed by atoms with Crippen molar-refractivity contribution in [3.63, 3.8) is 0 Å². The normalized spacial score (nSPS) is 10.5. The molecule has 0 unspecified atom stereocenters. The molecule has 3 heteroatoms. The number of nitrogens with zero attached hydrogens (tertiary/aromatic N) is 2. The molecule has 0 amide bonds. The Bertz CT molecular complexity index is 541. The van der Waals surface area contributed by atoms with Gasteiger partial charge in [-0.2, -0.15) is 5.10 Å². The van der Waals surface area contributed by atoms with Gasteiger partial charge < -0.3 is 0 Å². The monoisotopic (exact) mass is 228 g/mol. The third-order valence-electron chi connectivity index (χ3n) is 2.94. The van der Waals surface area contributed by atoms with Crippen LogP contribution < -0.4 is 0 Å². The molecule has 0 atom stereocenters. The van der Waals surface area contributed by atoms with E-state index in [9.17, 15) is 4.79 Å². The highest BCUT2D eigenvalue weighted by Crippen LogP contribution is 2.17. The quantitative estimate of drug-likeness (QED) is 0.757. The predicted molar refractivity (Wildman–Crippen MR) is 67.2 cm³/mol. The smallest absolute Gasteiger partial charge is 0.196 e. The maximum absolute atomic E-state index is 12.4. The fraction of sp³-hybridized carbons (Fsp3) is 0.286. The molecule has 0 N–H and O–H groups in total. The Morgan fingerprint density at radius 2 is 1.88 bits per heavy atom. The van der Waals surface area contributed by atoms with Gasteiger partial charge in [-0.3, -0.25) is 9.48 Å². The minimum absolute atomic E-state index is 0.0558. The molecule has 0 fully saturated rings. The summed E-state index contributed by atoms with van der Waals surface area (Å²) < 4.78 is 1.87. The van der Waals surface area contributed by atoms with Crippen molar-refractivity contribution in [2.75, 3.05) is 0 Å². The molecule has 0 saturated carbocycles. The lowest BCUT2D eigenvalue weighted by molar-refractivity contribution is 0.103. The number of carbonyl (C=O) groups excluding carboxylic acids is 1. The van der Waals surface area contributed by atoms with E-state index < -0.39 is 0 Å². The van der Waals surface area contributed by atoms with Crippen LogP contribution >= 0.6 is 0 Å². The number of rotatable bonds is 3. The van der Waals surface area contributed by atoms with Crippen molar-refractivity contribution in [2.45, 2.75) is 27.3 Å². The van der Waals surface area contributed by atoms with Crippen LogP contribution in [0.5, 0.6) is 0 Å². The molecule has 88 valence electrons. The predicted octanol–water partition coefficient (Wildman–Crippen LogP) is 2.75. The van der Waals surface area contributed by atoms with Gasteiger partial charge in [0.25, 0.3) is 0 Å². The highest BCUT2D eigenvalue weighted by Gasteiger charge is 2.18. The van der Waals surface area contributed by atoms with E-state index in [2.05, 4.69) is 5.10 Å². The van der Waals surface area contributed by atoms with Crippen molar-refractivity contribution in [2.24, 2.45) is 0 Å². The number of aryl methyl sites for hydroxylation is 2. The topological polar surface area (TPSA) is 34.9 Å². The summed E-state index contributed by atoms with van der Waals surface area (Å²) in [6, 6.07) is 9.34. The van der Waals surface area contributed by atoms with Crippen LogP contribution in [0, 0.1) is 13.8 Å². The summed E-state index contributed by atoms with van der Waals surface area (Å²) in [4.78, 5) is 12.4. The Balaban J connectivity index is 2.48.